The third-order valence-electron chi connectivity index (χ3n) is 2.81. The monoisotopic (exact) mass is 355 g/mol. The van der Waals surface area contributed by atoms with Gasteiger partial charge in [-0.2, -0.15) is 0 Å². The molecule has 2 N–H and O–H groups in total. The molecule has 0 aliphatic rings. The van der Waals surface area contributed by atoms with E-state index in [-0.39, 0.29) is 11.5 Å². The molecule has 0 fully saturated rings. The molecule has 2 aromatic carbocycles. The third-order valence-corrected chi connectivity index (χ3v) is 5.29. The summed E-state index contributed by atoms with van der Waals surface area (Å²) in [4.78, 5) is 0.148. The van der Waals surface area contributed by atoms with Gasteiger partial charge in [0, 0.05) is 4.47 Å². The van der Waals surface area contributed by atoms with E-state index >= 15 is 0 Å². The molecule has 0 saturated heterocycles. The Morgan fingerprint density at radius 3 is 2.25 bits per heavy atom. The van der Waals surface area contributed by atoms with Crippen LogP contribution in [0.5, 0.6) is 0 Å². The van der Waals surface area contributed by atoms with Gasteiger partial charge in [-0.25, -0.2) is 13.1 Å². The Morgan fingerprint density at radius 2 is 1.65 bits per heavy atom. The molecule has 2 rings (SSSR count). The lowest BCUT2D eigenvalue weighted by Crippen LogP contribution is -2.31. The SMILES string of the molecule is O=S(=O)(N[C@H](CO)c1ccccc1)c1ccccc1Br. The summed E-state index contributed by atoms with van der Waals surface area (Å²) in [6, 6.07) is 14.8. The van der Waals surface area contributed by atoms with E-state index < -0.39 is 16.1 Å². The van der Waals surface area contributed by atoms with Crippen molar-refractivity contribution in [2.75, 3.05) is 6.61 Å². The second kappa shape index (κ2) is 6.49. The average molecular weight is 356 g/mol. The fraction of sp³-hybridized carbons (Fsp3) is 0.143. The molecule has 0 heterocycles. The van der Waals surface area contributed by atoms with Crippen molar-refractivity contribution < 1.29 is 13.5 Å². The van der Waals surface area contributed by atoms with Gasteiger partial charge < -0.3 is 5.11 Å². The first-order chi connectivity index (χ1) is 9.54. The molecule has 6 heteroatoms. The van der Waals surface area contributed by atoms with Gasteiger partial charge in [-0.05, 0) is 33.6 Å². The predicted octanol–water partition coefficient (Wildman–Crippen LogP) is 2.46. The largest absolute Gasteiger partial charge is 0.394 e. The van der Waals surface area contributed by atoms with Crippen LogP contribution in [0.15, 0.2) is 64.0 Å². The van der Waals surface area contributed by atoms with E-state index in [0.29, 0.717) is 10.0 Å². The van der Waals surface area contributed by atoms with Crippen LogP contribution in [0.4, 0.5) is 0 Å². The van der Waals surface area contributed by atoms with Gasteiger partial charge in [0.15, 0.2) is 0 Å². The van der Waals surface area contributed by atoms with Gasteiger partial charge in [-0.3, -0.25) is 0 Å². The highest BCUT2D eigenvalue weighted by Crippen LogP contribution is 2.23. The summed E-state index contributed by atoms with van der Waals surface area (Å²) in [5, 5.41) is 9.42. The first-order valence-corrected chi connectivity index (χ1v) is 8.25. The molecule has 4 nitrogen and oxygen atoms in total. The topological polar surface area (TPSA) is 66.4 Å². The maximum Gasteiger partial charge on any atom is 0.242 e. The van der Waals surface area contributed by atoms with Crippen LogP contribution in [0.25, 0.3) is 0 Å². The van der Waals surface area contributed by atoms with E-state index in [2.05, 4.69) is 20.7 Å². The number of benzene rings is 2. The molecule has 0 unspecified atom stereocenters. The van der Waals surface area contributed by atoms with Crippen molar-refractivity contribution in [1.29, 1.82) is 0 Å². The second-order valence-electron chi connectivity index (χ2n) is 4.20. The Kier molecular flexibility index (Phi) is 4.93. The second-order valence-corrected chi connectivity index (χ2v) is 6.73. The molecule has 0 radical (unpaired) electrons. The van der Waals surface area contributed by atoms with Crippen molar-refractivity contribution in [3.63, 3.8) is 0 Å². The molecule has 2 aromatic rings. The Hall–Kier alpha value is -1.21. The Balaban J connectivity index is 2.30. The van der Waals surface area contributed by atoms with Gasteiger partial charge in [0.1, 0.15) is 0 Å². The molecule has 20 heavy (non-hydrogen) atoms. The van der Waals surface area contributed by atoms with E-state index in [9.17, 15) is 13.5 Å². The number of aliphatic hydroxyl groups excluding tert-OH is 1. The molecule has 106 valence electrons. The third kappa shape index (κ3) is 3.46. The summed E-state index contributed by atoms with van der Waals surface area (Å²) in [6.45, 7) is -0.312. The maximum absolute atomic E-state index is 12.3. The van der Waals surface area contributed by atoms with E-state index in [1.54, 1.807) is 42.5 Å². The van der Waals surface area contributed by atoms with Crippen LogP contribution < -0.4 is 4.72 Å². The summed E-state index contributed by atoms with van der Waals surface area (Å²) in [7, 11) is -3.71. The first kappa shape index (κ1) is 15.2. The zero-order valence-electron chi connectivity index (χ0n) is 10.5. The van der Waals surface area contributed by atoms with Gasteiger partial charge in [0.05, 0.1) is 17.5 Å². The average Bonchev–Trinajstić information content (AvgIpc) is 2.46. The zero-order valence-corrected chi connectivity index (χ0v) is 12.9. The number of hydrogen-bond donors (Lipinski definition) is 2. The van der Waals surface area contributed by atoms with E-state index in [1.165, 1.54) is 6.07 Å². The summed E-state index contributed by atoms with van der Waals surface area (Å²) in [5.74, 6) is 0. The minimum atomic E-state index is -3.71. The molecule has 0 aromatic heterocycles. The lowest BCUT2D eigenvalue weighted by molar-refractivity contribution is 0.259. The normalized spacial score (nSPS) is 13.1. The van der Waals surface area contributed by atoms with Crippen molar-refractivity contribution in [2.45, 2.75) is 10.9 Å². The number of hydrogen-bond acceptors (Lipinski definition) is 3. The first-order valence-electron chi connectivity index (χ1n) is 5.97. The molecular formula is C14H14BrNO3S. The molecule has 0 aliphatic heterocycles. The highest BCUT2D eigenvalue weighted by atomic mass is 79.9. The summed E-state index contributed by atoms with van der Waals surface area (Å²) < 4.78 is 27.7. The molecule has 1 atom stereocenters. The van der Waals surface area contributed by atoms with Gasteiger partial charge in [-0.15, -0.1) is 0 Å². The Labute approximate surface area is 126 Å². The van der Waals surface area contributed by atoms with Gasteiger partial charge in [-0.1, -0.05) is 42.5 Å². The predicted molar refractivity (Wildman–Crippen MR) is 80.7 cm³/mol. The molecular weight excluding hydrogens is 342 g/mol. The number of aliphatic hydroxyl groups is 1. The fourth-order valence-corrected chi connectivity index (χ4v) is 4.03. The summed E-state index contributed by atoms with van der Waals surface area (Å²) >= 11 is 3.22. The summed E-state index contributed by atoms with van der Waals surface area (Å²) in [5.41, 5.74) is 0.714. The van der Waals surface area contributed by atoms with Crippen LogP contribution in [0.2, 0.25) is 0 Å². The molecule has 0 bridgehead atoms. The molecule has 0 spiro atoms. The van der Waals surface area contributed by atoms with Gasteiger partial charge in [0.2, 0.25) is 10.0 Å². The van der Waals surface area contributed by atoms with Crippen LogP contribution in [-0.4, -0.2) is 20.1 Å². The highest BCUT2D eigenvalue weighted by molar-refractivity contribution is 9.10. The van der Waals surface area contributed by atoms with Crippen molar-refractivity contribution in [2.24, 2.45) is 0 Å². The quantitative estimate of drug-likeness (QED) is 0.865. The zero-order chi connectivity index (χ0) is 14.6. The van der Waals surface area contributed by atoms with Crippen LogP contribution in [-0.2, 0) is 10.0 Å². The van der Waals surface area contributed by atoms with Crippen LogP contribution in [0.3, 0.4) is 0 Å². The van der Waals surface area contributed by atoms with Crippen LogP contribution >= 0.6 is 15.9 Å². The van der Waals surface area contributed by atoms with E-state index in [1.807, 2.05) is 6.07 Å². The Bertz CT molecular complexity index is 674. The van der Waals surface area contributed by atoms with Gasteiger partial charge >= 0.3 is 0 Å². The summed E-state index contributed by atoms with van der Waals surface area (Å²) in [6.07, 6.45) is 0. The van der Waals surface area contributed by atoms with E-state index in [4.69, 9.17) is 0 Å². The molecule has 0 aliphatic carbocycles. The standard InChI is InChI=1S/C14H14BrNO3S/c15-12-8-4-5-9-14(12)20(18,19)16-13(10-17)11-6-2-1-3-7-11/h1-9,13,16-17H,10H2/t13-/m1/s1. The van der Waals surface area contributed by atoms with Crippen molar-refractivity contribution in [1.82, 2.24) is 4.72 Å². The van der Waals surface area contributed by atoms with Crippen LogP contribution in [0.1, 0.15) is 11.6 Å². The maximum atomic E-state index is 12.3. The lowest BCUT2D eigenvalue weighted by Gasteiger charge is -2.17. The minimum Gasteiger partial charge on any atom is -0.394 e. The fourth-order valence-electron chi connectivity index (χ4n) is 1.81. The van der Waals surface area contributed by atoms with Crippen molar-refractivity contribution >= 4 is 26.0 Å². The highest BCUT2D eigenvalue weighted by Gasteiger charge is 2.22. The smallest absolute Gasteiger partial charge is 0.242 e. The number of nitrogens with one attached hydrogen (secondary N) is 1. The number of sulfonamides is 1. The van der Waals surface area contributed by atoms with E-state index in [0.717, 1.165) is 0 Å². The molecule has 0 saturated carbocycles. The number of rotatable bonds is 5. The number of halogens is 1. The van der Waals surface area contributed by atoms with Crippen molar-refractivity contribution in [3.8, 4) is 0 Å². The van der Waals surface area contributed by atoms with Gasteiger partial charge in [0.25, 0.3) is 0 Å². The van der Waals surface area contributed by atoms with Crippen molar-refractivity contribution in [3.05, 3.63) is 64.6 Å². The molecule has 0 amide bonds. The van der Waals surface area contributed by atoms with Crippen LogP contribution in [0, 0.1) is 0 Å². The minimum absolute atomic E-state index is 0.148. The Morgan fingerprint density at radius 1 is 1.05 bits per heavy atom. The lowest BCUT2D eigenvalue weighted by atomic mass is 10.1.